The van der Waals surface area contributed by atoms with E-state index in [2.05, 4.69) is 75.5 Å². The van der Waals surface area contributed by atoms with Crippen LogP contribution in [0, 0.1) is 6.92 Å². The van der Waals surface area contributed by atoms with Crippen molar-refractivity contribution in [2.45, 2.75) is 59.0 Å². The van der Waals surface area contributed by atoms with Crippen LogP contribution in [-0.4, -0.2) is 12.0 Å². The van der Waals surface area contributed by atoms with Crippen molar-refractivity contribution in [1.82, 2.24) is 0 Å². The standard InChI is InChI=1S/C28H33NO2/c1-19(2)25-14-10-11-20(3)26(25)29-27(30)21(4)31-24-17-15-23(16-18-24)28(5,6)22-12-8-7-9-13-22/h7-19,21H,1-6H3,(H,29,30). The topological polar surface area (TPSA) is 38.3 Å². The van der Waals surface area contributed by atoms with Gasteiger partial charge < -0.3 is 10.1 Å². The van der Waals surface area contributed by atoms with Gasteiger partial charge in [0, 0.05) is 11.1 Å². The number of hydrogen-bond acceptors (Lipinski definition) is 2. The van der Waals surface area contributed by atoms with Gasteiger partial charge in [-0.05, 0) is 54.2 Å². The fourth-order valence-electron chi connectivity index (χ4n) is 3.80. The summed E-state index contributed by atoms with van der Waals surface area (Å²) < 4.78 is 5.95. The van der Waals surface area contributed by atoms with E-state index in [-0.39, 0.29) is 11.3 Å². The number of nitrogens with one attached hydrogen (secondary N) is 1. The predicted octanol–water partition coefficient (Wildman–Crippen LogP) is 6.85. The SMILES string of the molecule is Cc1cccc(C(C)C)c1NC(=O)C(C)Oc1ccc(C(C)(C)c2ccccc2)cc1. The summed E-state index contributed by atoms with van der Waals surface area (Å²) in [5.41, 5.74) is 5.42. The molecule has 1 N–H and O–H groups in total. The van der Waals surface area contributed by atoms with Gasteiger partial charge in [0.25, 0.3) is 5.91 Å². The number of ether oxygens (including phenoxy) is 1. The van der Waals surface area contributed by atoms with Gasteiger partial charge in [-0.1, -0.05) is 88.4 Å². The summed E-state index contributed by atoms with van der Waals surface area (Å²) in [6.45, 7) is 12.5. The van der Waals surface area contributed by atoms with Gasteiger partial charge in [0.2, 0.25) is 0 Å². The molecule has 162 valence electrons. The highest BCUT2D eigenvalue weighted by atomic mass is 16.5. The van der Waals surface area contributed by atoms with Gasteiger partial charge in [-0.2, -0.15) is 0 Å². The Morgan fingerprint density at radius 3 is 2.06 bits per heavy atom. The van der Waals surface area contributed by atoms with E-state index in [4.69, 9.17) is 4.74 Å². The Kier molecular flexibility index (Phi) is 6.84. The van der Waals surface area contributed by atoms with Crippen LogP contribution >= 0.6 is 0 Å². The van der Waals surface area contributed by atoms with Gasteiger partial charge >= 0.3 is 0 Å². The van der Waals surface area contributed by atoms with Crippen molar-refractivity contribution in [3.8, 4) is 5.75 Å². The average Bonchev–Trinajstić information content (AvgIpc) is 2.75. The highest BCUT2D eigenvalue weighted by molar-refractivity contribution is 5.95. The molecule has 3 aromatic rings. The lowest BCUT2D eigenvalue weighted by Crippen LogP contribution is -2.31. The Morgan fingerprint density at radius 2 is 1.45 bits per heavy atom. The van der Waals surface area contributed by atoms with E-state index in [0.29, 0.717) is 11.7 Å². The number of anilines is 1. The summed E-state index contributed by atoms with van der Waals surface area (Å²) in [6.07, 6.45) is -0.604. The Hall–Kier alpha value is -3.07. The number of benzene rings is 3. The summed E-state index contributed by atoms with van der Waals surface area (Å²) in [5.74, 6) is 0.862. The number of amides is 1. The molecular weight excluding hydrogens is 382 g/mol. The van der Waals surface area contributed by atoms with E-state index < -0.39 is 6.10 Å². The summed E-state index contributed by atoms with van der Waals surface area (Å²) in [7, 11) is 0. The van der Waals surface area contributed by atoms with E-state index in [1.807, 2.05) is 37.3 Å². The highest BCUT2D eigenvalue weighted by Crippen LogP contribution is 2.32. The maximum atomic E-state index is 12.8. The van der Waals surface area contributed by atoms with E-state index >= 15 is 0 Å². The molecule has 3 nitrogen and oxygen atoms in total. The minimum absolute atomic E-state index is 0.110. The molecule has 0 aromatic heterocycles. The van der Waals surface area contributed by atoms with Crippen LogP contribution in [0.5, 0.6) is 5.75 Å². The average molecular weight is 416 g/mol. The fourth-order valence-corrected chi connectivity index (χ4v) is 3.80. The van der Waals surface area contributed by atoms with Crippen molar-refractivity contribution in [2.75, 3.05) is 5.32 Å². The van der Waals surface area contributed by atoms with Crippen molar-refractivity contribution in [1.29, 1.82) is 0 Å². The summed E-state index contributed by atoms with van der Waals surface area (Å²) in [6, 6.07) is 24.6. The lowest BCUT2D eigenvalue weighted by molar-refractivity contribution is -0.122. The summed E-state index contributed by atoms with van der Waals surface area (Å²) in [5, 5.41) is 3.07. The number of aryl methyl sites for hydroxylation is 1. The molecule has 0 saturated carbocycles. The molecule has 0 aliphatic heterocycles. The van der Waals surface area contributed by atoms with Crippen molar-refractivity contribution >= 4 is 11.6 Å². The molecule has 0 fully saturated rings. The predicted molar refractivity (Wildman–Crippen MR) is 129 cm³/mol. The van der Waals surface area contributed by atoms with Crippen molar-refractivity contribution in [3.63, 3.8) is 0 Å². The van der Waals surface area contributed by atoms with Crippen LogP contribution in [0.2, 0.25) is 0 Å². The van der Waals surface area contributed by atoms with E-state index in [0.717, 1.165) is 16.8 Å². The quantitative estimate of drug-likeness (QED) is 0.458. The minimum Gasteiger partial charge on any atom is -0.481 e. The maximum absolute atomic E-state index is 12.8. The fraction of sp³-hybridized carbons (Fsp3) is 0.321. The molecular formula is C28H33NO2. The van der Waals surface area contributed by atoms with Crippen LogP contribution < -0.4 is 10.1 Å². The van der Waals surface area contributed by atoms with Gasteiger partial charge in [0.05, 0.1) is 0 Å². The van der Waals surface area contributed by atoms with Crippen molar-refractivity contribution < 1.29 is 9.53 Å². The number of rotatable bonds is 7. The van der Waals surface area contributed by atoms with Gasteiger partial charge in [-0.15, -0.1) is 0 Å². The smallest absolute Gasteiger partial charge is 0.265 e. The molecule has 0 radical (unpaired) electrons. The lowest BCUT2D eigenvalue weighted by atomic mass is 9.78. The van der Waals surface area contributed by atoms with Crippen LogP contribution in [0.25, 0.3) is 0 Å². The number of carbonyl (C=O) groups is 1. The molecule has 0 saturated heterocycles. The van der Waals surface area contributed by atoms with Crippen LogP contribution in [0.1, 0.15) is 62.8 Å². The van der Waals surface area contributed by atoms with Gasteiger partial charge in [-0.25, -0.2) is 0 Å². The first-order valence-corrected chi connectivity index (χ1v) is 10.9. The monoisotopic (exact) mass is 415 g/mol. The second kappa shape index (κ2) is 9.38. The largest absolute Gasteiger partial charge is 0.481 e. The Morgan fingerprint density at radius 1 is 0.839 bits per heavy atom. The van der Waals surface area contributed by atoms with Crippen molar-refractivity contribution in [3.05, 3.63) is 95.1 Å². The number of carbonyl (C=O) groups excluding carboxylic acids is 1. The molecule has 0 aliphatic carbocycles. The lowest BCUT2D eigenvalue weighted by Gasteiger charge is -2.26. The van der Waals surface area contributed by atoms with E-state index in [1.165, 1.54) is 11.1 Å². The molecule has 1 atom stereocenters. The minimum atomic E-state index is -0.604. The normalized spacial score (nSPS) is 12.5. The van der Waals surface area contributed by atoms with Gasteiger partial charge in [0.1, 0.15) is 5.75 Å². The first-order chi connectivity index (χ1) is 14.7. The third kappa shape index (κ3) is 5.16. The Balaban J connectivity index is 1.70. The second-order valence-corrected chi connectivity index (χ2v) is 8.96. The zero-order valence-corrected chi connectivity index (χ0v) is 19.4. The van der Waals surface area contributed by atoms with Gasteiger partial charge in [-0.3, -0.25) is 4.79 Å². The molecule has 3 heteroatoms. The third-order valence-electron chi connectivity index (χ3n) is 5.93. The maximum Gasteiger partial charge on any atom is 0.265 e. The van der Waals surface area contributed by atoms with E-state index in [9.17, 15) is 4.79 Å². The molecule has 0 heterocycles. The molecule has 31 heavy (non-hydrogen) atoms. The molecule has 3 aromatic carbocycles. The first kappa shape index (κ1) is 22.6. The first-order valence-electron chi connectivity index (χ1n) is 10.9. The molecule has 0 aliphatic rings. The number of para-hydroxylation sites is 1. The summed E-state index contributed by atoms with van der Waals surface area (Å²) in [4.78, 5) is 12.8. The molecule has 1 amide bonds. The molecule has 0 spiro atoms. The third-order valence-corrected chi connectivity index (χ3v) is 5.93. The van der Waals surface area contributed by atoms with Gasteiger partial charge in [0.15, 0.2) is 6.10 Å². The number of hydrogen-bond donors (Lipinski definition) is 1. The summed E-state index contributed by atoms with van der Waals surface area (Å²) >= 11 is 0. The van der Waals surface area contributed by atoms with Crippen LogP contribution in [0.4, 0.5) is 5.69 Å². The van der Waals surface area contributed by atoms with E-state index in [1.54, 1.807) is 6.92 Å². The van der Waals surface area contributed by atoms with Crippen LogP contribution in [0.15, 0.2) is 72.8 Å². The Labute approximate surface area is 186 Å². The van der Waals surface area contributed by atoms with Crippen LogP contribution in [-0.2, 0) is 10.2 Å². The van der Waals surface area contributed by atoms with Crippen LogP contribution in [0.3, 0.4) is 0 Å². The van der Waals surface area contributed by atoms with Crippen molar-refractivity contribution in [2.24, 2.45) is 0 Å². The highest BCUT2D eigenvalue weighted by Gasteiger charge is 2.23. The second-order valence-electron chi connectivity index (χ2n) is 8.96. The zero-order chi connectivity index (χ0) is 22.6. The Bertz CT molecular complexity index is 1020. The molecule has 1 unspecified atom stereocenters. The molecule has 0 bridgehead atoms. The zero-order valence-electron chi connectivity index (χ0n) is 19.4. The molecule has 3 rings (SSSR count).